The number of nitrogens with two attached hydrogens (primary N) is 1. The first-order valence-corrected chi connectivity index (χ1v) is 9.09. The molecule has 10 heteroatoms. The fraction of sp³-hybridized carbons (Fsp3) is 0.158. The molecular weight excluding hydrogens is 399 g/mol. The number of aromatic nitrogens is 1. The standard InChI is InChI=1S/C19H15FN4O4S/c1-23-17(26)15-14(9-4-3-5-10(20)6-9)11(8-21)16(22)24-18(27)12(29-19(15)24)7-13(25)28-2/h3-7,14H,22H2,1-2H3,(H,23,26). The Morgan fingerprint density at radius 2 is 2.17 bits per heavy atom. The average molecular weight is 414 g/mol. The first-order valence-electron chi connectivity index (χ1n) is 8.27. The number of esters is 1. The first kappa shape index (κ1) is 20.0. The lowest BCUT2D eigenvalue weighted by Gasteiger charge is -2.24. The summed E-state index contributed by atoms with van der Waals surface area (Å²) in [7, 11) is 2.55. The van der Waals surface area contributed by atoms with Crippen LogP contribution >= 0.6 is 11.3 Å². The SMILES string of the molecule is CNC(=O)C1=c2sc(=CC(=O)OC)c(=O)n2C(N)=C(C#N)C1c1cccc(F)c1. The van der Waals surface area contributed by atoms with Gasteiger partial charge in [0.25, 0.3) is 11.5 Å². The summed E-state index contributed by atoms with van der Waals surface area (Å²) in [5.41, 5.74) is 5.74. The lowest BCUT2D eigenvalue weighted by molar-refractivity contribution is -0.133. The second-order valence-corrected chi connectivity index (χ2v) is 7.00. The molecular formula is C19H15FN4O4S. The summed E-state index contributed by atoms with van der Waals surface area (Å²) in [6.45, 7) is 0. The summed E-state index contributed by atoms with van der Waals surface area (Å²) in [4.78, 5) is 37.1. The summed E-state index contributed by atoms with van der Waals surface area (Å²) in [5.74, 6) is -3.05. The molecule has 1 atom stereocenters. The number of hydrogen-bond acceptors (Lipinski definition) is 7. The topological polar surface area (TPSA) is 127 Å². The van der Waals surface area contributed by atoms with E-state index >= 15 is 0 Å². The van der Waals surface area contributed by atoms with Gasteiger partial charge in [0.15, 0.2) is 0 Å². The summed E-state index contributed by atoms with van der Waals surface area (Å²) in [5, 5.41) is 12.2. The van der Waals surface area contributed by atoms with Gasteiger partial charge < -0.3 is 15.8 Å². The molecule has 0 spiro atoms. The van der Waals surface area contributed by atoms with Gasteiger partial charge in [-0.05, 0) is 17.7 Å². The maximum absolute atomic E-state index is 13.9. The number of allylic oxidation sites excluding steroid dienone is 1. The monoisotopic (exact) mass is 414 g/mol. The summed E-state index contributed by atoms with van der Waals surface area (Å²) in [6, 6.07) is 7.37. The van der Waals surface area contributed by atoms with Crippen LogP contribution in [0.2, 0.25) is 0 Å². The number of carbonyl (C=O) groups is 2. The number of nitriles is 1. The molecule has 0 radical (unpaired) electrons. The molecule has 2 heterocycles. The van der Waals surface area contributed by atoms with Gasteiger partial charge in [-0.25, -0.2) is 9.18 Å². The largest absolute Gasteiger partial charge is 0.466 e. The van der Waals surface area contributed by atoms with Crippen molar-refractivity contribution in [2.24, 2.45) is 5.73 Å². The molecule has 3 rings (SSSR count). The van der Waals surface area contributed by atoms with Crippen molar-refractivity contribution in [1.82, 2.24) is 9.88 Å². The molecule has 0 saturated heterocycles. The molecule has 1 aromatic heterocycles. The van der Waals surface area contributed by atoms with E-state index in [1.54, 1.807) is 6.07 Å². The van der Waals surface area contributed by atoms with Crippen LogP contribution < -0.4 is 25.8 Å². The highest BCUT2D eigenvalue weighted by atomic mass is 32.1. The molecule has 0 saturated carbocycles. The molecule has 1 aromatic carbocycles. The van der Waals surface area contributed by atoms with Crippen LogP contribution in [-0.4, -0.2) is 30.6 Å². The van der Waals surface area contributed by atoms with Crippen LogP contribution in [0.4, 0.5) is 4.39 Å². The minimum atomic E-state index is -0.986. The first-order chi connectivity index (χ1) is 13.8. The Hall–Kier alpha value is -3.71. The number of halogens is 1. The van der Waals surface area contributed by atoms with Crippen LogP contribution in [0.25, 0.3) is 17.5 Å². The molecule has 0 bridgehead atoms. The number of nitrogens with one attached hydrogen (secondary N) is 1. The highest BCUT2D eigenvalue weighted by Crippen LogP contribution is 2.36. The van der Waals surface area contributed by atoms with E-state index in [9.17, 15) is 24.0 Å². The molecule has 1 unspecified atom stereocenters. The van der Waals surface area contributed by atoms with Gasteiger partial charge in [0, 0.05) is 13.1 Å². The minimum Gasteiger partial charge on any atom is -0.466 e. The van der Waals surface area contributed by atoms with E-state index in [1.807, 2.05) is 6.07 Å². The maximum Gasteiger partial charge on any atom is 0.332 e. The molecule has 29 heavy (non-hydrogen) atoms. The zero-order valence-electron chi connectivity index (χ0n) is 15.4. The Labute approximate surface area is 167 Å². The normalized spacial score (nSPS) is 16.3. The zero-order chi connectivity index (χ0) is 21.3. The lowest BCUT2D eigenvalue weighted by Crippen LogP contribution is -2.41. The number of methoxy groups -OCH3 is 1. The molecule has 0 fully saturated rings. The van der Waals surface area contributed by atoms with E-state index in [1.165, 1.54) is 25.2 Å². The van der Waals surface area contributed by atoms with Crippen molar-refractivity contribution in [3.63, 3.8) is 0 Å². The summed E-state index contributed by atoms with van der Waals surface area (Å²) in [6.07, 6.45) is 0.982. The number of carbonyl (C=O) groups excluding carboxylic acids is 2. The Morgan fingerprint density at radius 3 is 2.76 bits per heavy atom. The van der Waals surface area contributed by atoms with Crippen molar-refractivity contribution in [3.8, 4) is 6.07 Å². The summed E-state index contributed by atoms with van der Waals surface area (Å²) >= 11 is 0.855. The number of thiazole rings is 1. The van der Waals surface area contributed by atoms with Crippen LogP contribution in [0.3, 0.4) is 0 Å². The van der Waals surface area contributed by atoms with Crippen LogP contribution in [0.5, 0.6) is 0 Å². The molecule has 1 amide bonds. The van der Waals surface area contributed by atoms with Crippen molar-refractivity contribution < 1.29 is 18.7 Å². The van der Waals surface area contributed by atoms with Gasteiger partial charge in [0.1, 0.15) is 20.8 Å². The molecule has 148 valence electrons. The van der Waals surface area contributed by atoms with E-state index in [0.29, 0.717) is 5.56 Å². The fourth-order valence-corrected chi connectivity index (χ4v) is 4.22. The molecule has 1 aliphatic rings. The second-order valence-electron chi connectivity index (χ2n) is 5.97. The number of nitrogens with zero attached hydrogens (tertiary/aromatic N) is 2. The Bertz CT molecular complexity index is 1280. The Morgan fingerprint density at radius 1 is 1.45 bits per heavy atom. The van der Waals surface area contributed by atoms with E-state index in [-0.39, 0.29) is 26.2 Å². The van der Waals surface area contributed by atoms with Crippen molar-refractivity contribution in [2.45, 2.75) is 5.92 Å². The van der Waals surface area contributed by atoms with E-state index in [2.05, 4.69) is 10.1 Å². The third-order valence-electron chi connectivity index (χ3n) is 4.37. The number of benzene rings is 1. The van der Waals surface area contributed by atoms with Gasteiger partial charge in [-0.1, -0.05) is 12.1 Å². The molecule has 1 aliphatic heterocycles. The maximum atomic E-state index is 13.9. The Kier molecular flexibility index (Phi) is 5.34. The smallest absolute Gasteiger partial charge is 0.332 e. The highest BCUT2D eigenvalue weighted by Gasteiger charge is 2.35. The number of hydrogen-bond donors (Lipinski definition) is 2. The predicted molar refractivity (Wildman–Crippen MR) is 104 cm³/mol. The van der Waals surface area contributed by atoms with E-state index in [0.717, 1.165) is 29.1 Å². The van der Waals surface area contributed by atoms with Crippen molar-refractivity contribution >= 4 is 40.7 Å². The third-order valence-corrected chi connectivity index (χ3v) is 5.48. The lowest BCUT2D eigenvalue weighted by atomic mass is 9.83. The molecule has 3 N–H and O–H groups in total. The fourth-order valence-electron chi connectivity index (χ4n) is 3.09. The number of fused-ring (bicyclic) bond motifs is 1. The summed E-state index contributed by atoms with van der Waals surface area (Å²) < 4.78 is 19.5. The van der Waals surface area contributed by atoms with Gasteiger partial charge in [-0.15, -0.1) is 11.3 Å². The van der Waals surface area contributed by atoms with Crippen molar-refractivity contribution in [3.05, 3.63) is 60.8 Å². The van der Waals surface area contributed by atoms with Crippen LogP contribution in [0.15, 0.2) is 34.6 Å². The quantitative estimate of drug-likeness (QED) is 0.643. The average Bonchev–Trinajstić information content (AvgIpc) is 3.03. The molecule has 8 nitrogen and oxygen atoms in total. The van der Waals surface area contributed by atoms with Crippen molar-refractivity contribution in [1.29, 1.82) is 5.26 Å². The number of ether oxygens (including phenoxy) is 1. The highest BCUT2D eigenvalue weighted by molar-refractivity contribution is 7.07. The number of amides is 1. The third kappa shape index (κ3) is 3.32. The van der Waals surface area contributed by atoms with E-state index in [4.69, 9.17) is 5.73 Å². The van der Waals surface area contributed by atoms with Gasteiger partial charge >= 0.3 is 5.97 Å². The van der Waals surface area contributed by atoms with Gasteiger partial charge in [0.2, 0.25) is 0 Å². The van der Waals surface area contributed by atoms with Crippen LogP contribution in [0.1, 0.15) is 11.5 Å². The Balaban J connectivity index is 2.50. The van der Waals surface area contributed by atoms with Gasteiger partial charge in [-0.2, -0.15) is 5.26 Å². The molecule has 2 aromatic rings. The van der Waals surface area contributed by atoms with E-state index < -0.39 is 29.2 Å². The van der Waals surface area contributed by atoms with Gasteiger partial charge in [0.05, 0.1) is 30.2 Å². The van der Waals surface area contributed by atoms with Crippen LogP contribution in [-0.2, 0) is 14.3 Å². The predicted octanol–water partition coefficient (Wildman–Crippen LogP) is -0.653. The van der Waals surface area contributed by atoms with Crippen LogP contribution in [0, 0.1) is 17.1 Å². The minimum absolute atomic E-state index is 0.0200. The van der Waals surface area contributed by atoms with Crippen molar-refractivity contribution in [2.75, 3.05) is 14.2 Å². The van der Waals surface area contributed by atoms with Gasteiger partial charge in [-0.3, -0.25) is 14.2 Å². The molecule has 0 aliphatic carbocycles. The number of rotatable bonds is 3. The zero-order valence-corrected chi connectivity index (χ0v) is 16.2. The second kappa shape index (κ2) is 7.73.